The summed E-state index contributed by atoms with van der Waals surface area (Å²) < 4.78 is 0. The summed E-state index contributed by atoms with van der Waals surface area (Å²) in [5.41, 5.74) is 7.67. The van der Waals surface area contributed by atoms with Crippen molar-refractivity contribution >= 4 is 23.1 Å². The zero-order valence-corrected chi connectivity index (χ0v) is 13.3. The van der Waals surface area contributed by atoms with Crippen molar-refractivity contribution in [1.82, 2.24) is 0 Å². The standard InChI is InChI=1S/C16H24ClN3/c1-16(2)8-6-12(7-9-16)20(3)14-5-4-11(15(18)19)10-13(14)17/h4-5,10,12H,6-9H2,1-3H3,(H3,18,19). The van der Waals surface area contributed by atoms with E-state index in [1.165, 1.54) is 25.7 Å². The molecule has 0 radical (unpaired) electrons. The lowest BCUT2D eigenvalue weighted by Gasteiger charge is -2.39. The second-order valence-electron chi connectivity index (χ2n) is 6.59. The van der Waals surface area contributed by atoms with E-state index in [9.17, 15) is 0 Å². The Hall–Kier alpha value is -1.22. The topological polar surface area (TPSA) is 53.1 Å². The molecule has 3 N–H and O–H groups in total. The summed E-state index contributed by atoms with van der Waals surface area (Å²) in [5.74, 6) is 0.0560. The predicted molar refractivity (Wildman–Crippen MR) is 86.9 cm³/mol. The zero-order valence-electron chi connectivity index (χ0n) is 12.5. The lowest BCUT2D eigenvalue weighted by Crippen LogP contribution is -2.37. The molecule has 3 nitrogen and oxygen atoms in total. The van der Waals surface area contributed by atoms with Crippen LogP contribution in [0.1, 0.15) is 45.1 Å². The van der Waals surface area contributed by atoms with Crippen molar-refractivity contribution in [2.75, 3.05) is 11.9 Å². The van der Waals surface area contributed by atoms with Crippen LogP contribution in [0.3, 0.4) is 0 Å². The highest BCUT2D eigenvalue weighted by Gasteiger charge is 2.29. The molecule has 20 heavy (non-hydrogen) atoms. The number of benzene rings is 1. The molecule has 0 heterocycles. The quantitative estimate of drug-likeness (QED) is 0.653. The van der Waals surface area contributed by atoms with E-state index in [4.69, 9.17) is 22.7 Å². The van der Waals surface area contributed by atoms with Gasteiger partial charge in [0.15, 0.2) is 0 Å². The van der Waals surface area contributed by atoms with Crippen LogP contribution in [0.4, 0.5) is 5.69 Å². The van der Waals surface area contributed by atoms with Crippen molar-refractivity contribution in [3.05, 3.63) is 28.8 Å². The number of rotatable bonds is 3. The van der Waals surface area contributed by atoms with E-state index in [0.717, 1.165) is 5.69 Å². The second-order valence-corrected chi connectivity index (χ2v) is 6.99. The van der Waals surface area contributed by atoms with Gasteiger partial charge in [0.2, 0.25) is 0 Å². The third-order valence-electron chi connectivity index (χ3n) is 4.50. The third kappa shape index (κ3) is 3.26. The molecule has 0 spiro atoms. The second kappa shape index (κ2) is 5.65. The monoisotopic (exact) mass is 293 g/mol. The van der Waals surface area contributed by atoms with Gasteiger partial charge in [-0.2, -0.15) is 0 Å². The van der Waals surface area contributed by atoms with E-state index < -0.39 is 0 Å². The van der Waals surface area contributed by atoms with Crippen LogP contribution in [0.2, 0.25) is 5.02 Å². The highest BCUT2D eigenvalue weighted by Crippen LogP contribution is 2.39. The minimum atomic E-state index is 0.0560. The number of nitrogens with two attached hydrogens (primary N) is 1. The summed E-state index contributed by atoms with van der Waals surface area (Å²) in [6.45, 7) is 4.69. The Morgan fingerprint density at radius 2 is 1.95 bits per heavy atom. The number of hydrogen-bond acceptors (Lipinski definition) is 2. The van der Waals surface area contributed by atoms with Gasteiger partial charge < -0.3 is 10.6 Å². The fraction of sp³-hybridized carbons (Fsp3) is 0.562. The van der Waals surface area contributed by atoms with Gasteiger partial charge in [-0.15, -0.1) is 0 Å². The van der Waals surface area contributed by atoms with Gasteiger partial charge in [0.05, 0.1) is 10.7 Å². The molecular formula is C16H24ClN3. The van der Waals surface area contributed by atoms with Crippen LogP contribution in [0, 0.1) is 10.8 Å². The molecule has 1 aromatic carbocycles. The SMILES string of the molecule is CN(c1ccc(C(=N)N)cc1Cl)C1CCC(C)(C)CC1. The molecule has 1 aromatic rings. The van der Waals surface area contributed by atoms with E-state index in [1.807, 2.05) is 12.1 Å². The fourth-order valence-electron chi connectivity index (χ4n) is 2.93. The van der Waals surface area contributed by atoms with Crippen LogP contribution in [0.15, 0.2) is 18.2 Å². The molecule has 1 aliphatic carbocycles. The van der Waals surface area contributed by atoms with Crippen molar-refractivity contribution in [3.63, 3.8) is 0 Å². The molecule has 1 aliphatic rings. The molecule has 0 saturated heterocycles. The number of amidine groups is 1. The number of halogens is 1. The molecule has 1 fully saturated rings. The maximum Gasteiger partial charge on any atom is 0.122 e. The number of nitrogens with zero attached hydrogens (tertiary/aromatic N) is 1. The number of nitrogen functional groups attached to an aromatic ring is 1. The van der Waals surface area contributed by atoms with E-state index in [1.54, 1.807) is 6.07 Å². The van der Waals surface area contributed by atoms with Gasteiger partial charge in [-0.3, -0.25) is 5.41 Å². The first kappa shape index (κ1) is 15.2. The normalized spacial score (nSPS) is 18.8. The molecule has 0 bridgehead atoms. The Morgan fingerprint density at radius 1 is 1.35 bits per heavy atom. The Morgan fingerprint density at radius 3 is 2.45 bits per heavy atom. The average Bonchev–Trinajstić information content (AvgIpc) is 2.37. The van der Waals surface area contributed by atoms with Crippen molar-refractivity contribution in [1.29, 1.82) is 5.41 Å². The molecule has 1 saturated carbocycles. The van der Waals surface area contributed by atoms with E-state index >= 15 is 0 Å². The number of anilines is 1. The van der Waals surface area contributed by atoms with E-state index in [2.05, 4.69) is 25.8 Å². The van der Waals surface area contributed by atoms with Gasteiger partial charge in [-0.25, -0.2) is 0 Å². The first-order valence-electron chi connectivity index (χ1n) is 7.17. The number of nitrogens with one attached hydrogen (secondary N) is 1. The van der Waals surface area contributed by atoms with Crippen LogP contribution < -0.4 is 10.6 Å². The highest BCUT2D eigenvalue weighted by molar-refractivity contribution is 6.33. The average molecular weight is 294 g/mol. The minimum absolute atomic E-state index is 0.0560. The first-order valence-corrected chi connectivity index (χ1v) is 7.55. The molecule has 110 valence electrons. The van der Waals surface area contributed by atoms with Crippen LogP contribution in [0.25, 0.3) is 0 Å². The molecule has 0 unspecified atom stereocenters. The summed E-state index contributed by atoms with van der Waals surface area (Å²) in [6.07, 6.45) is 4.92. The van der Waals surface area contributed by atoms with Crippen molar-refractivity contribution in [3.8, 4) is 0 Å². The summed E-state index contributed by atoms with van der Waals surface area (Å²) in [6, 6.07) is 6.16. The summed E-state index contributed by atoms with van der Waals surface area (Å²) in [5, 5.41) is 8.13. The molecule has 0 aliphatic heterocycles. The Bertz CT molecular complexity index is 500. The van der Waals surface area contributed by atoms with Gasteiger partial charge in [0, 0.05) is 18.7 Å². The maximum atomic E-state index is 7.45. The molecular weight excluding hydrogens is 270 g/mol. The fourth-order valence-corrected chi connectivity index (χ4v) is 3.24. The van der Waals surface area contributed by atoms with Crippen LogP contribution >= 0.6 is 11.6 Å². The highest BCUT2D eigenvalue weighted by atomic mass is 35.5. The Balaban J connectivity index is 2.13. The van der Waals surface area contributed by atoms with Crippen LogP contribution in [-0.2, 0) is 0 Å². The van der Waals surface area contributed by atoms with E-state index in [0.29, 0.717) is 22.0 Å². The van der Waals surface area contributed by atoms with Gasteiger partial charge in [0.25, 0.3) is 0 Å². The van der Waals surface area contributed by atoms with Crippen LogP contribution in [-0.4, -0.2) is 18.9 Å². The van der Waals surface area contributed by atoms with Gasteiger partial charge >= 0.3 is 0 Å². The number of hydrogen-bond donors (Lipinski definition) is 2. The molecule has 0 atom stereocenters. The van der Waals surface area contributed by atoms with Crippen molar-refractivity contribution < 1.29 is 0 Å². The smallest absolute Gasteiger partial charge is 0.122 e. The Labute approximate surface area is 126 Å². The third-order valence-corrected chi connectivity index (χ3v) is 4.80. The largest absolute Gasteiger partial charge is 0.384 e. The molecule has 4 heteroatoms. The van der Waals surface area contributed by atoms with Crippen molar-refractivity contribution in [2.45, 2.75) is 45.6 Å². The maximum absolute atomic E-state index is 7.45. The van der Waals surface area contributed by atoms with Gasteiger partial charge in [-0.1, -0.05) is 25.4 Å². The summed E-state index contributed by atoms with van der Waals surface area (Å²) in [4.78, 5) is 2.28. The van der Waals surface area contributed by atoms with Gasteiger partial charge in [0.1, 0.15) is 5.84 Å². The molecule has 0 amide bonds. The first-order chi connectivity index (χ1) is 9.30. The predicted octanol–water partition coefficient (Wildman–Crippen LogP) is 4.03. The zero-order chi connectivity index (χ0) is 14.9. The van der Waals surface area contributed by atoms with Gasteiger partial charge in [-0.05, 0) is 49.3 Å². The summed E-state index contributed by atoms with van der Waals surface area (Å²) >= 11 is 6.35. The summed E-state index contributed by atoms with van der Waals surface area (Å²) in [7, 11) is 2.11. The van der Waals surface area contributed by atoms with E-state index in [-0.39, 0.29) is 5.84 Å². The molecule has 0 aromatic heterocycles. The molecule has 2 rings (SSSR count). The van der Waals surface area contributed by atoms with Crippen molar-refractivity contribution in [2.24, 2.45) is 11.1 Å². The Kier molecular flexibility index (Phi) is 4.28. The van der Waals surface area contributed by atoms with Crippen LogP contribution in [0.5, 0.6) is 0 Å². The minimum Gasteiger partial charge on any atom is -0.384 e. The lowest BCUT2D eigenvalue weighted by molar-refractivity contribution is 0.222. The lowest BCUT2D eigenvalue weighted by atomic mass is 9.75.